The number of halogens is 1. The largest absolute Gasteiger partial charge is 0.330 e. The lowest BCUT2D eigenvalue weighted by Crippen LogP contribution is -2.37. The van der Waals surface area contributed by atoms with E-state index in [1.54, 1.807) is 18.2 Å². The van der Waals surface area contributed by atoms with Crippen molar-refractivity contribution in [1.29, 1.82) is 0 Å². The fraction of sp³-hybridized carbons (Fsp3) is 0.231. The third-order valence-corrected chi connectivity index (χ3v) is 2.56. The molecule has 0 atom stereocenters. The molecule has 3 amide bonds. The first-order valence-electron chi connectivity index (χ1n) is 5.82. The van der Waals surface area contributed by atoms with E-state index in [0.717, 1.165) is 10.5 Å². The average Bonchev–Trinajstić information content (AvgIpc) is 2.39. The molecule has 1 aromatic carbocycles. The fourth-order valence-corrected chi connectivity index (χ4v) is 1.56. The van der Waals surface area contributed by atoms with Gasteiger partial charge in [-0.2, -0.15) is 0 Å². The Morgan fingerprint density at radius 2 is 2.26 bits per heavy atom. The van der Waals surface area contributed by atoms with Crippen LogP contribution in [0.25, 0.3) is 6.08 Å². The summed E-state index contributed by atoms with van der Waals surface area (Å²) in [5.74, 6) is 0. The number of urea groups is 1. The van der Waals surface area contributed by atoms with Gasteiger partial charge < -0.3 is 11.1 Å². The van der Waals surface area contributed by atoms with Crippen LogP contribution in [-0.2, 0) is 4.79 Å². The van der Waals surface area contributed by atoms with Crippen LogP contribution >= 0.6 is 11.6 Å². The molecule has 1 rings (SSSR count). The molecule has 102 valence electrons. The second-order valence-electron chi connectivity index (χ2n) is 3.78. The standard InChI is InChI=1S/C13H16ClN3O2/c14-12-4-1-3-11(9-12)5-7-16-13(19)17(10-18)8-2-6-15/h1,3-5,7,9-10H,2,6,8,15H2,(H,16,19)/b7-5+. The van der Waals surface area contributed by atoms with Crippen LogP contribution in [0, 0.1) is 0 Å². The van der Waals surface area contributed by atoms with Gasteiger partial charge in [0, 0.05) is 17.8 Å². The normalized spacial score (nSPS) is 10.4. The van der Waals surface area contributed by atoms with E-state index in [-0.39, 0.29) is 0 Å². The zero-order valence-electron chi connectivity index (χ0n) is 10.4. The van der Waals surface area contributed by atoms with Crippen LogP contribution in [-0.4, -0.2) is 30.4 Å². The molecule has 6 heteroatoms. The minimum absolute atomic E-state index is 0.302. The van der Waals surface area contributed by atoms with Gasteiger partial charge in [0.25, 0.3) is 0 Å². The number of nitrogens with two attached hydrogens (primary N) is 1. The Hall–Kier alpha value is -1.85. The summed E-state index contributed by atoms with van der Waals surface area (Å²) in [6, 6.07) is 6.69. The first-order valence-corrected chi connectivity index (χ1v) is 6.20. The molecule has 1 aromatic rings. The molecule has 0 aliphatic heterocycles. The zero-order valence-corrected chi connectivity index (χ0v) is 11.1. The monoisotopic (exact) mass is 281 g/mol. The Kier molecular flexibility index (Phi) is 6.63. The predicted molar refractivity (Wildman–Crippen MR) is 75.5 cm³/mol. The van der Waals surface area contributed by atoms with Crippen LogP contribution in [0.3, 0.4) is 0 Å². The zero-order chi connectivity index (χ0) is 14.1. The van der Waals surface area contributed by atoms with Gasteiger partial charge in [-0.05, 0) is 36.7 Å². The molecule has 5 nitrogen and oxygen atoms in total. The molecule has 19 heavy (non-hydrogen) atoms. The lowest BCUT2D eigenvalue weighted by Gasteiger charge is -2.13. The highest BCUT2D eigenvalue weighted by molar-refractivity contribution is 6.30. The summed E-state index contributed by atoms with van der Waals surface area (Å²) >= 11 is 5.83. The van der Waals surface area contributed by atoms with Gasteiger partial charge in [-0.15, -0.1) is 0 Å². The second-order valence-corrected chi connectivity index (χ2v) is 4.22. The molecule has 0 unspecified atom stereocenters. The number of hydrogen-bond acceptors (Lipinski definition) is 3. The summed E-state index contributed by atoms with van der Waals surface area (Å²) in [7, 11) is 0. The minimum atomic E-state index is -0.485. The Labute approximate surface area is 117 Å². The van der Waals surface area contributed by atoms with Gasteiger partial charge in [0.15, 0.2) is 0 Å². The van der Waals surface area contributed by atoms with Crippen LogP contribution in [0.4, 0.5) is 4.79 Å². The highest BCUT2D eigenvalue weighted by Crippen LogP contribution is 2.11. The Balaban J connectivity index is 2.50. The SMILES string of the molecule is NCCCN(C=O)C(=O)N/C=C/c1cccc(Cl)c1. The summed E-state index contributed by atoms with van der Waals surface area (Å²) < 4.78 is 0. The molecule has 0 radical (unpaired) electrons. The van der Waals surface area contributed by atoms with Gasteiger partial charge in [0.2, 0.25) is 6.41 Å². The molecule has 0 heterocycles. The molecule has 3 N–H and O–H groups in total. The lowest BCUT2D eigenvalue weighted by molar-refractivity contribution is -0.115. The van der Waals surface area contributed by atoms with Gasteiger partial charge in [0.1, 0.15) is 0 Å². The number of carbonyl (C=O) groups excluding carboxylic acids is 2. The number of amides is 3. The maximum atomic E-state index is 11.6. The van der Waals surface area contributed by atoms with Crippen molar-refractivity contribution in [3.05, 3.63) is 41.1 Å². The van der Waals surface area contributed by atoms with Gasteiger partial charge >= 0.3 is 6.03 Å². The van der Waals surface area contributed by atoms with Crippen LogP contribution in [0.15, 0.2) is 30.5 Å². The van der Waals surface area contributed by atoms with E-state index in [0.29, 0.717) is 30.9 Å². The van der Waals surface area contributed by atoms with Crippen molar-refractivity contribution in [1.82, 2.24) is 10.2 Å². The van der Waals surface area contributed by atoms with E-state index in [4.69, 9.17) is 17.3 Å². The van der Waals surface area contributed by atoms with Crippen molar-refractivity contribution in [3.63, 3.8) is 0 Å². The van der Waals surface area contributed by atoms with Crippen molar-refractivity contribution in [2.75, 3.05) is 13.1 Å². The van der Waals surface area contributed by atoms with Gasteiger partial charge in [0.05, 0.1) is 0 Å². The third-order valence-electron chi connectivity index (χ3n) is 2.32. The van der Waals surface area contributed by atoms with Gasteiger partial charge in [-0.3, -0.25) is 9.69 Å². The average molecular weight is 282 g/mol. The first-order chi connectivity index (χ1) is 9.17. The fourth-order valence-electron chi connectivity index (χ4n) is 1.37. The predicted octanol–water partition coefficient (Wildman–Crippen LogP) is 1.83. The van der Waals surface area contributed by atoms with Crippen LogP contribution in [0.2, 0.25) is 5.02 Å². The van der Waals surface area contributed by atoms with Gasteiger partial charge in [-0.25, -0.2) is 4.79 Å². The molecule has 0 bridgehead atoms. The summed E-state index contributed by atoms with van der Waals surface area (Å²) in [5.41, 5.74) is 6.18. The van der Waals surface area contributed by atoms with Crippen LogP contribution < -0.4 is 11.1 Å². The van der Waals surface area contributed by atoms with E-state index < -0.39 is 6.03 Å². The highest BCUT2D eigenvalue weighted by atomic mass is 35.5. The third kappa shape index (κ3) is 5.54. The maximum Gasteiger partial charge on any atom is 0.327 e. The summed E-state index contributed by atoms with van der Waals surface area (Å²) in [4.78, 5) is 23.4. The minimum Gasteiger partial charge on any atom is -0.330 e. The number of hydrogen-bond donors (Lipinski definition) is 2. The molecule has 0 spiro atoms. The van der Waals surface area contributed by atoms with Crippen LogP contribution in [0.1, 0.15) is 12.0 Å². The van der Waals surface area contributed by atoms with Crippen molar-refractivity contribution in [2.45, 2.75) is 6.42 Å². The number of benzene rings is 1. The van der Waals surface area contributed by atoms with Crippen molar-refractivity contribution < 1.29 is 9.59 Å². The number of rotatable bonds is 6. The molecular weight excluding hydrogens is 266 g/mol. The maximum absolute atomic E-state index is 11.6. The smallest absolute Gasteiger partial charge is 0.327 e. The summed E-state index contributed by atoms with van der Waals surface area (Å²) in [6.07, 6.45) is 4.21. The van der Waals surface area contributed by atoms with Crippen LogP contribution in [0.5, 0.6) is 0 Å². The van der Waals surface area contributed by atoms with E-state index in [9.17, 15) is 9.59 Å². The number of nitrogens with zero attached hydrogens (tertiary/aromatic N) is 1. The molecule has 0 aliphatic carbocycles. The molecular formula is C13H16ClN3O2. The van der Waals surface area contributed by atoms with E-state index in [1.165, 1.54) is 6.20 Å². The molecule has 0 saturated carbocycles. The molecule has 0 aromatic heterocycles. The quantitative estimate of drug-likeness (QED) is 0.781. The Bertz CT molecular complexity index is 463. The molecule has 0 fully saturated rings. The second kappa shape index (κ2) is 8.29. The number of nitrogens with one attached hydrogen (secondary N) is 1. The number of carbonyl (C=O) groups is 2. The first kappa shape index (κ1) is 15.2. The lowest BCUT2D eigenvalue weighted by atomic mass is 10.2. The summed E-state index contributed by atoms with van der Waals surface area (Å²) in [6.45, 7) is 0.729. The Morgan fingerprint density at radius 1 is 1.47 bits per heavy atom. The van der Waals surface area contributed by atoms with E-state index >= 15 is 0 Å². The molecule has 0 saturated heterocycles. The van der Waals surface area contributed by atoms with Gasteiger partial charge in [-0.1, -0.05) is 23.7 Å². The Morgan fingerprint density at radius 3 is 2.89 bits per heavy atom. The highest BCUT2D eigenvalue weighted by Gasteiger charge is 2.09. The topological polar surface area (TPSA) is 75.4 Å². The molecule has 0 aliphatic rings. The number of imide groups is 1. The van der Waals surface area contributed by atoms with E-state index in [1.807, 2.05) is 12.1 Å². The van der Waals surface area contributed by atoms with Crippen molar-refractivity contribution in [2.24, 2.45) is 5.73 Å². The van der Waals surface area contributed by atoms with Crippen molar-refractivity contribution in [3.8, 4) is 0 Å². The van der Waals surface area contributed by atoms with E-state index in [2.05, 4.69) is 5.32 Å². The van der Waals surface area contributed by atoms with Crippen molar-refractivity contribution >= 4 is 30.1 Å². The summed E-state index contributed by atoms with van der Waals surface area (Å²) in [5, 5.41) is 3.12.